The molecule has 1 aromatic carbocycles. The topological polar surface area (TPSA) is 86.6 Å². The van der Waals surface area contributed by atoms with E-state index in [9.17, 15) is 14.7 Å². The summed E-state index contributed by atoms with van der Waals surface area (Å²) in [4.78, 5) is 21.8. The van der Waals surface area contributed by atoms with Crippen LogP contribution in [-0.2, 0) is 4.79 Å². The normalized spacial score (nSPS) is 10.1. The third kappa shape index (κ3) is 2.57. The fourth-order valence-electron chi connectivity index (χ4n) is 1.12. The van der Waals surface area contributed by atoms with Gasteiger partial charge >= 0.3 is 5.97 Å². The predicted molar refractivity (Wildman–Crippen MR) is 64.4 cm³/mol. The van der Waals surface area contributed by atoms with Crippen LogP contribution in [0.25, 0.3) is 0 Å². The average Bonchev–Trinajstić information content (AvgIpc) is 2.21. The Balaban J connectivity index is 3.61. The number of benzene rings is 1. The first kappa shape index (κ1) is 13.9. The Morgan fingerprint density at radius 3 is 2.06 bits per heavy atom. The van der Waals surface area contributed by atoms with Crippen molar-refractivity contribution < 1.29 is 19.8 Å². The van der Waals surface area contributed by atoms with Crippen molar-refractivity contribution in [1.82, 2.24) is 0 Å². The maximum Gasteiger partial charge on any atom is 0.338 e. The van der Waals surface area contributed by atoms with Gasteiger partial charge in [0, 0.05) is 6.92 Å². The van der Waals surface area contributed by atoms with Crippen LogP contribution in [0.5, 0.6) is 5.75 Å². The molecule has 0 heterocycles. The van der Waals surface area contributed by atoms with E-state index in [-0.39, 0.29) is 15.7 Å². The lowest BCUT2D eigenvalue weighted by Gasteiger charge is -2.13. The van der Waals surface area contributed by atoms with Crippen LogP contribution >= 0.6 is 34.8 Å². The SMILES string of the molecule is CC(=O)Nc1c(Cl)c(O)c(Cl)c(C(=O)O)c1Cl. The number of nitrogens with one attached hydrogen (secondary N) is 1. The number of carboxylic acid groups (broad SMARTS) is 1. The Bertz CT molecular complexity index is 516. The number of aromatic hydroxyl groups is 1. The van der Waals surface area contributed by atoms with Gasteiger partial charge in [-0.1, -0.05) is 34.8 Å². The van der Waals surface area contributed by atoms with Crippen LogP contribution in [0.1, 0.15) is 17.3 Å². The highest BCUT2D eigenvalue weighted by atomic mass is 35.5. The number of hydrogen-bond donors (Lipinski definition) is 3. The summed E-state index contributed by atoms with van der Waals surface area (Å²) >= 11 is 17.0. The van der Waals surface area contributed by atoms with E-state index in [2.05, 4.69) is 5.32 Å². The van der Waals surface area contributed by atoms with E-state index >= 15 is 0 Å². The van der Waals surface area contributed by atoms with Crippen LogP contribution < -0.4 is 5.32 Å². The molecule has 17 heavy (non-hydrogen) atoms. The molecule has 0 aliphatic heterocycles. The van der Waals surface area contributed by atoms with Gasteiger partial charge in [-0.15, -0.1) is 0 Å². The van der Waals surface area contributed by atoms with E-state index in [0.717, 1.165) is 0 Å². The highest BCUT2D eigenvalue weighted by Gasteiger charge is 2.25. The molecule has 3 N–H and O–H groups in total. The number of anilines is 1. The van der Waals surface area contributed by atoms with Crippen molar-refractivity contribution in [3.63, 3.8) is 0 Å². The molecule has 1 amide bonds. The molecule has 5 nitrogen and oxygen atoms in total. The van der Waals surface area contributed by atoms with Gasteiger partial charge in [-0.2, -0.15) is 0 Å². The lowest BCUT2D eigenvalue weighted by atomic mass is 10.1. The van der Waals surface area contributed by atoms with Gasteiger partial charge in [-0.25, -0.2) is 4.79 Å². The van der Waals surface area contributed by atoms with Crippen molar-refractivity contribution in [3.05, 3.63) is 20.6 Å². The number of phenolic OH excluding ortho intramolecular Hbond substituents is 1. The van der Waals surface area contributed by atoms with E-state index in [4.69, 9.17) is 39.9 Å². The smallest absolute Gasteiger partial charge is 0.338 e. The summed E-state index contributed by atoms with van der Waals surface area (Å²) in [6.45, 7) is 1.18. The third-order valence-corrected chi connectivity index (χ3v) is 2.92. The van der Waals surface area contributed by atoms with Crippen LogP contribution in [0.2, 0.25) is 15.1 Å². The summed E-state index contributed by atoms with van der Waals surface area (Å²) in [7, 11) is 0. The Labute approximate surface area is 111 Å². The van der Waals surface area contributed by atoms with E-state index in [1.165, 1.54) is 6.92 Å². The molecule has 0 saturated carbocycles. The monoisotopic (exact) mass is 297 g/mol. The zero-order valence-corrected chi connectivity index (χ0v) is 10.6. The Hall–Kier alpha value is -1.17. The summed E-state index contributed by atoms with van der Waals surface area (Å²) in [5.74, 6) is -2.62. The van der Waals surface area contributed by atoms with Gasteiger partial charge in [0.15, 0.2) is 5.75 Å². The summed E-state index contributed by atoms with van der Waals surface area (Å²) in [5.41, 5.74) is -0.723. The largest absolute Gasteiger partial charge is 0.505 e. The quantitative estimate of drug-likeness (QED) is 0.783. The zero-order valence-electron chi connectivity index (χ0n) is 8.34. The Morgan fingerprint density at radius 1 is 1.12 bits per heavy atom. The molecule has 1 aromatic rings. The fourth-order valence-corrected chi connectivity index (χ4v) is 2.09. The molecule has 0 radical (unpaired) electrons. The Kier molecular flexibility index (Phi) is 4.08. The van der Waals surface area contributed by atoms with Gasteiger partial charge in [0.2, 0.25) is 5.91 Å². The second kappa shape index (κ2) is 5.00. The predicted octanol–water partition coefficient (Wildman–Crippen LogP) is 3.01. The third-order valence-electron chi connectivity index (χ3n) is 1.81. The molecule has 1 rings (SSSR count). The second-order valence-corrected chi connectivity index (χ2v) is 4.16. The standard InChI is InChI=1S/C9H6Cl3NO4/c1-2(14)13-7-4(10)3(9(16)17)5(11)8(15)6(7)12/h15H,1H3,(H,13,14)(H,16,17). The summed E-state index contributed by atoms with van der Waals surface area (Å²) < 4.78 is 0. The number of amides is 1. The van der Waals surface area contributed by atoms with E-state index in [1.807, 2.05) is 0 Å². The summed E-state index contributed by atoms with van der Waals surface area (Å²) in [5, 5.41) is 19.5. The average molecular weight is 299 g/mol. The van der Waals surface area contributed by atoms with Crippen molar-refractivity contribution in [2.24, 2.45) is 0 Å². The number of halogens is 3. The molecule has 0 aliphatic rings. The first-order chi connectivity index (χ1) is 7.77. The van der Waals surface area contributed by atoms with Crippen LogP contribution in [-0.4, -0.2) is 22.1 Å². The van der Waals surface area contributed by atoms with Crippen LogP contribution in [0.15, 0.2) is 0 Å². The van der Waals surface area contributed by atoms with E-state index in [0.29, 0.717) is 0 Å². The zero-order chi connectivity index (χ0) is 13.3. The van der Waals surface area contributed by atoms with Crippen LogP contribution in [0, 0.1) is 0 Å². The van der Waals surface area contributed by atoms with Gasteiger partial charge < -0.3 is 15.5 Å². The lowest BCUT2D eigenvalue weighted by Crippen LogP contribution is -2.10. The number of aromatic carboxylic acids is 1. The molecule has 8 heteroatoms. The van der Waals surface area contributed by atoms with Gasteiger partial charge in [0.25, 0.3) is 0 Å². The molecule has 0 fully saturated rings. The van der Waals surface area contributed by atoms with E-state index in [1.54, 1.807) is 0 Å². The first-order valence-corrected chi connectivity index (χ1v) is 5.31. The molecular weight excluding hydrogens is 292 g/mol. The van der Waals surface area contributed by atoms with Crippen LogP contribution in [0.4, 0.5) is 5.69 Å². The van der Waals surface area contributed by atoms with Gasteiger partial charge in [0.05, 0.1) is 10.7 Å². The highest BCUT2D eigenvalue weighted by Crippen LogP contribution is 2.45. The van der Waals surface area contributed by atoms with Crippen molar-refractivity contribution in [1.29, 1.82) is 0 Å². The van der Waals surface area contributed by atoms with Crippen LogP contribution in [0.3, 0.4) is 0 Å². The molecular formula is C9H6Cl3NO4. The minimum absolute atomic E-state index is 0.194. The van der Waals surface area contributed by atoms with Crippen molar-refractivity contribution in [2.75, 3.05) is 5.32 Å². The van der Waals surface area contributed by atoms with Gasteiger partial charge in [-0.3, -0.25) is 4.79 Å². The minimum Gasteiger partial charge on any atom is -0.505 e. The summed E-state index contributed by atoms with van der Waals surface area (Å²) in [6, 6.07) is 0. The van der Waals surface area contributed by atoms with Crippen molar-refractivity contribution in [3.8, 4) is 5.75 Å². The number of hydrogen-bond acceptors (Lipinski definition) is 3. The molecule has 0 atom stereocenters. The Morgan fingerprint density at radius 2 is 1.65 bits per heavy atom. The molecule has 0 spiro atoms. The molecule has 0 aromatic heterocycles. The maximum absolute atomic E-state index is 10.9. The molecule has 92 valence electrons. The molecule has 0 aliphatic carbocycles. The maximum atomic E-state index is 10.9. The molecule has 0 saturated heterocycles. The number of phenols is 1. The minimum atomic E-state index is -1.45. The van der Waals surface area contributed by atoms with Gasteiger partial charge in [0.1, 0.15) is 15.6 Å². The number of carboxylic acids is 1. The molecule has 0 bridgehead atoms. The number of rotatable bonds is 2. The highest BCUT2D eigenvalue weighted by molar-refractivity contribution is 6.46. The molecule has 0 unspecified atom stereocenters. The fraction of sp³-hybridized carbons (Fsp3) is 0.111. The first-order valence-electron chi connectivity index (χ1n) is 4.17. The number of carbonyl (C=O) groups is 2. The van der Waals surface area contributed by atoms with Crippen molar-refractivity contribution in [2.45, 2.75) is 6.92 Å². The number of carbonyl (C=O) groups excluding carboxylic acids is 1. The lowest BCUT2D eigenvalue weighted by molar-refractivity contribution is -0.114. The summed E-state index contributed by atoms with van der Waals surface area (Å²) in [6.07, 6.45) is 0. The second-order valence-electron chi connectivity index (χ2n) is 3.03. The van der Waals surface area contributed by atoms with E-state index < -0.39 is 28.2 Å². The van der Waals surface area contributed by atoms with Gasteiger partial charge in [-0.05, 0) is 0 Å². The van der Waals surface area contributed by atoms with Crippen molar-refractivity contribution >= 4 is 52.4 Å².